The Bertz CT molecular complexity index is 1230. The number of carbonyl (C=O) groups is 1. The van der Waals surface area contributed by atoms with Crippen LogP contribution in [0.4, 0.5) is 16.3 Å². The van der Waals surface area contributed by atoms with Crippen LogP contribution in [-0.2, 0) is 13.0 Å². The van der Waals surface area contributed by atoms with Crippen molar-refractivity contribution in [2.45, 2.75) is 39.7 Å². The minimum Gasteiger partial charge on any atom is -0.382 e. The number of benzene rings is 2. The Hall–Kier alpha value is -3.61. The maximum Gasteiger partial charge on any atom is 0.319 e. The summed E-state index contributed by atoms with van der Waals surface area (Å²) in [5, 5.41) is 6.86. The molecule has 4 rings (SSSR count). The number of nitrogens with two attached hydrogens (primary N) is 1. The van der Waals surface area contributed by atoms with Crippen LogP contribution in [0.3, 0.4) is 0 Å². The molecule has 2 aromatic carbocycles. The highest BCUT2D eigenvalue weighted by Crippen LogP contribution is 2.29. The van der Waals surface area contributed by atoms with Crippen molar-refractivity contribution >= 4 is 39.5 Å². The average Bonchev–Trinajstić information content (AvgIpc) is 3.12. The molecule has 2 amide bonds. The third-order valence-corrected chi connectivity index (χ3v) is 5.34. The molecule has 0 unspecified atom stereocenters. The largest absolute Gasteiger partial charge is 0.382 e. The lowest BCUT2D eigenvalue weighted by Crippen LogP contribution is -2.31. The van der Waals surface area contributed by atoms with E-state index in [0.717, 1.165) is 58.3 Å². The summed E-state index contributed by atoms with van der Waals surface area (Å²) in [6, 6.07) is 15.5. The van der Waals surface area contributed by atoms with Crippen LogP contribution in [0.5, 0.6) is 0 Å². The number of pyridine rings is 1. The summed E-state index contributed by atoms with van der Waals surface area (Å²) in [5.74, 6) is 1.41. The Morgan fingerprint density at radius 3 is 2.77 bits per heavy atom. The molecule has 2 aromatic heterocycles. The lowest BCUT2D eigenvalue weighted by atomic mass is 10.2. The van der Waals surface area contributed by atoms with E-state index in [-0.39, 0.29) is 6.03 Å². The van der Waals surface area contributed by atoms with Gasteiger partial charge in [0.2, 0.25) is 0 Å². The molecule has 160 valence electrons. The van der Waals surface area contributed by atoms with Crippen molar-refractivity contribution in [3.63, 3.8) is 0 Å². The van der Waals surface area contributed by atoms with Crippen molar-refractivity contribution < 1.29 is 4.79 Å². The number of hydrogen-bond donors (Lipinski definition) is 3. The van der Waals surface area contributed by atoms with Crippen LogP contribution in [0.2, 0.25) is 0 Å². The van der Waals surface area contributed by atoms with Gasteiger partial charge in [0, 0.05) is 30.6 Å². The van der Waals surface area contributed by atoms with Gasteiger partial charge in [0.25, 0.3) is 0 Å². The minimum absolute atomic E-state index is 0.226. The van der Waals surface area contributed by atoms with Crippen molar-refractivity contribution in [2.75, 3.05) is 17.6 Å². The van der Waals surface area contributed by atoms with Gasteiger partial charge in [-0.1, -0.05) is 43.7 Å². The molecule has 0 bridgehead atoms. The number of fused-ring (bicyclic) bond motifs is 3. The second-order valence-electron chi connectivity index (χ2n) is 7.75. The number of urea groups is 1. The fourth-order valence-corrected chi connectivity index (χ4v) is 3.85. The molecule has 0 saturated carbocycles. The number of unbranched alkanes of at least 4 members (excludes halogenated alkanes) is 1. The molecule has 0 aliphatic rings. The lowest BCUT2D eigenvalue weighted by Gasteiger charge is -2.12. The second-order valence-corrected chi connectivity index (χ2v) is 7.75. The Kier molecular flexibility index (Phi) is 6.02. The molecule has 0 fully saturated rings. The van der Waals surface area contributed by atoms with Gasteiger partial charge in [-0.2, -0.15) is 0 Å². The molecule has 0 spiro atoms. The number of hydrogen-bond acceptors (Lipinski definition) is 4. The highest BCUT2D eigenvalue weighted by Gasteiger charge is 2.17. The first-order chi connectivity index (χ1) is 15.1. The number of aromatic nitrogens is 3. The highest BCUT2D eigenvalue weighted by atomic mass is 16.2. The summed E-state index contributed by atoms with van der Waals surface area (Å²) in [4.78, 5) is 21.7. The van der Waals surface area contributed by atoms with Crippen molar-refractivity contribution in [2.24, 2.45) is 0 Å². The molecule has 2 heterocycles. The standard InChI is InChI=1S/C24H28N6O/c1-3-4-12-20-29-21-22(18-10-5-6-11-19(18)28-23(21)25)30(20)14-13-26-24(31)27-17-9-7-8-16(2)15-17/h5-11,15H,3-4,12-14H2,1-2H3,(H2,25,28)(H2,26,27,31). The zero-order chi connectivity index (χ0) is 21.8. The lowest BCUT2D eigenvalue weighted by molar-refractivity contribution is 0.251. The number of carbonyl (C=O) groups excluding carboxylic acids is 1. The van der Waals surface area contributed by atoms with E-state index in [0.29, 0.717) is 18.9 Å². The first-order valence-corrected chi connectivity index (χ1v) is 10.7. The third kappa shape index (κ3) is 4.45. The van der Waals surface area contributed by atoms with Gasteiger partial charge in [-0.05, 0) is 37.1 Å². The number of anilines is 2. The number of nitrogens with one attached hydrogen (secondary N) is 2. The van der Waals surface area contributed by atoms with Gasteiger partial charge in [-0.25, -0.2) is 14.8 Å². The molecule has 4 aromatic rings. The summed E-state index contributed by atoms with van der Waals surface area (Å²) in [7, 11) is 0. The van der Waals surface area contributed by atoms with Crippen LogP contribution in [0, 0.1) is 6.92 Å². The van der Waals surface area contributed by atoms with Crippen molar-refractivity contribution in [1.29, 1.82) is 0 Å². The average molecular weight is 417 g/mol. The fourth-order valence-electron chi connectivity index (χ4n) is 3.85. The predicted molar refractivity (Wildman–Crippen MR) is 126 cm³/mol. The molecule has 0 aliphatic heterocycles. The zero-order valence-corrected chi connectivity index (χ0v) is 18.0. The minimum atomic E-state index is -0.226. The topological polar surface area (TPSA) is 97.9 Å². The smallest absolute Gasteiger partial charge is 0.319 e. The maximum absolute atomic E-state index is 12.4. The first-order valence-electron chi connectivity index (χ1n) is 10.7. The Morgan fingerprint density at radius 2 is 1.97 bits per heavy atom. The first kappa shape index (κ1) is 20.7. The van der Waals surface area contributed by atoms with Gasteiger partial charge in [0.1, 0.15) is 11.3 Å². The normalized spacial score (nSPS) is 11.2. The number of nitrogens with zero attached hydrogens (tertiary/aromatic N) is 3. The summed E-state index contributed by atoms with van der Waals surface area (Å²) in [6.45, 7) is 5.23. The number of amides is 2. The number of para-hydroxylation sites is 1. The molecule has 0 radical (unpaired) electrons. The Labute approximate surface area is 181 Å². The fraction of sp³-hybridized carbons (Fsp3) is 0.292. The maximum atomic E-state index is 12.4. The van der Waals surface area contributed by atoms with Gasteiger partial charge in [-0.15, -0.1) is 0 Å². The van der Waals surface area contributed by atoms with Crippen LogP contribution < -0.4 is 16.4 Å². The van der Waals surface area contributed by atoms with Gasteiger partial charge in [-0.3, -0.25) is 0 Å². The number of rotatable bonds is 7. The molecule has 7 nitrogen and oxygen atoms in total. The van der Waals surface area contributed by atoms with Crippen molar-refractivity contribution in [3.8, 4) is 0 Å². The SMILES string of the molecule is CCCCc1nc2c(N)nc3ccccc3c2n1CCNC(=O)Nc1cccc(C)c1. The zero-order valence-electron chi connectivity index (χ0n) is 18.0. The van der Waals surface area contributed by atoms with E-state index in [2.05, 4.69) is 27.1 Å². The second kappa shape index (κ2) is 9.04. The predicted octanol–water partition coefficient (Wildman–Crippen LogP) is 4.64. The molecule has 4 N–H and O–H groups in total. The van der Waals surface area contributed by atoms with Gasteiger partial charge >= 0.3 is 6.03 Å². The monoisotopic (exact) mass is 416 g/mol. The molecular weight excluding hydrogens is 388 g/mol. The van der Waals surface area contributed by atoms with Crippen molar-refractivity contribution in [3.05, 3.63) is 59.9 Å². The summed E-state index contributed by atoms with van der Waals surface area (Å²) >= 11 is 0. The molecule has 0 atom stereocenters. The Balaban J connectivity index is 1.58. The molecule has 0 aliphatic carbocycles. The van der Waals surface area contributed by atoms with Gasteiger partial charge < -0.3 is 20.9 Å². The van der Waals surface area contributed by atoms with E-state index >= 15 is 0 Å². The van der Waals surface area contributed by atoms with Crippen LogP contribution in [0.25, 0.3) is 21.9 Å². The summed E-state index contributed by atoms with van der Waals surface area (Å²) in [6.07, 6.45) is 2.97. The van der Waals surface area contributed by atoms with Crippen LogP contribution in [0.15, 0.2) is 48.5 Å². The molecule has 0 saturated heterocycles. The van der Waals surface area contributed by atoms with Crippen LogP contribution in [-0.4, -0.2) is 27.1 Å². The summed E-state index contributed by atoms with van der Waals surface area (Å²) < 4.78 is 2.18. The molecular formula is C24H28N6O. The van der Waals surface area contributed by atoms with Gasteiger partial charge in [0.05, 0.1) is 11.0 Å². The van der Waals surface area contributed by atoms with E-state index in [1.807, 2.05) is 55.5 Å². The number of imidazole rings is 1. The molecule has 31 heavy (non-hydrogen) atoms. The van der Waals surface area contributed by atoms with Crippen LogP contribution in [0.1, 0.15) is 31.2 Å². The van der Waals surface area contributed by atoms with Crippen LogP contribution >= 0.6 is 0 Å². The summed E-state index contributed by atoms with van der Waals surface area (Å²) in [5.41, 5.74) is 10.7. The Morgan fingerprint density at radius 1 is 1.13 bits per heavy atom. The van der Waals surface area contributed by atoms with E-state index in [1.165, 1.54) is 0 Å². The molecule has 7 heteroatoms. The van der Waals surface area contributed by atoms with E-state index in [4.69, 9.17) is 10.7 Å². The van der Waals surface area contributed by atoms with E-state index < -0.39 is 0 Å². The van der Waals surface area contributed by atoms with E-state index in [1.54, 1.807) is 0 Å². The van der Waals surface area contributed by atoms with E-state index in [9.17, 15) is 4.79 Å². The quantitative estimate of drug-likeness (QED) is 0.409. The highest BCUT2D eigenvalue weighted by molar-refractivity contribution is 6.06. The number of nitrogen functional groups attached to an aromatic ring is 1. The number of aryl methyl sites for hydroxylation is 2. The van der Waals surface area contributed by atoms with Crippen molar-refractivity contribution in [1.82, 2.24) is 19.9 Å². The third-order valence-electron chi connectivity index (χ3n) is 5.34. The van der Waals surface area contributed by atoms with Gasteiger partial charge in [0.15, 0.2) is 5.82 Å².